The summed E-state index contributed by atoms with van der Waals surface area (Å²) < 4.78 is 68.4. The largest absolute Gasteiger partial charge is 0.573 e. The molecule has 158 valence electrons. The SMILES string of the molecule is N#Cc1c(-c2ccccc2)nc(NN=Cc2c(F)ccc(OC(F)(F)F)c2F)[nH]c1=O. The van der Waals surface area contributed by atoms with Crippen molar-refractivity contribution in [1.82, 2.24) is 9.97 Å². The number of anilines is 1. The quantitative estimate of drug-likeness (QED) is 0.359. The summed E-state index contributed by atoms with van der Waals surface area (Å²) in [5.41, 5.74) is 0.704. The summed E-state index contributed by atoms with van der Waals surface area (Å²) >= 11 is 0. The number of aromatic nitrogens is 2. The maximum absolute atomic E-state index is 14.1. The monoisotopic (exact) mass is 435 g/mol. The molecule has 2 aromatic carbocycles. The van der Waals surface area contributed by atoms with Gasteiger partial charge in [0.25, 0.3) is 5.56 Å². The van der Waals surface area contributed by atoms with Gasteiger partial charge in [-0.25, -0.2) is 19.2 Å². The van der Waals surface area contributed by atoms with E-state index in [1.165, 1.54) is 0 Å². The molecular formula is C19H10F5N5O2. The number of benzene rings is 2. The lowest BCUT2D eigenvalue weighted by molar-refractivity contribution is -0.275. The Morgan fingerprint density at radius 1 is 1.16 bits per heavy atom. The first-order chi connectivity index (χ1) is 14.7. The average molecular weight is 435 g/mol. The molecule has 1 aromatic heterocycles. The van der Waals surface area contributed by atoms with Gasteiger partial charge in [0.15, 0.2) is 11.6 Å². The number of H-pyrrole nitrogens is 1. The van der Waals surface area contributed by atoms with Crippen LogP contribution in [0.5, 0.6) is 5.75 Å². The third-order valence-corrected chi connectivity index (χ3v) is 3.76. The van der Waals surface area contributed by atoms with Gasteiger partial charge in [0, 0.05) is 5.56 Å². The minimum absolute atomic E-state index is 0.0301. The predicted octanol–water partition coefficient (Wildman–Crippen LogP) is 3.93. The van der Waals surface area contributed by atoms with E-state index in [-0.39, 0.29) is 17.2 Å². The number of hydrogen-bond acceptors (Lipinski definition) is 6. The van der Waals surface area contributed by atoms with Crippen molar-refractivity contribution in [3.8, 4) is 23.1 Å². The van der Waals surface area contributed by atoms with Crippen LogP contribution in [0.1, 0.15) is 11.1 Å². The van der Waals surface area contributed by atoms with Gasteiger partial charge in [0.1, 0.15) is 17.4 Å². The number of halogens is 5. The average Bonchev–Trinajstić information content (AvgIpc) is 2.72. The van der Waals surface area contributed by atoms with Crippen LogP contribution in [0.4, 0.5) is 27.9 Å². The first-order valence-electron chi connectivity index (χ1n) is 8.32. The molecule has 2 N–H and O–H groups in total. The highest BCUT2D eigenvalue weighted by atomic mass is 19.4. The zero-order chi connectivity index (χ0) is 22.6. The number of alkyl halides is 3. The molecule has 0 saturated carbocycles. The molecule has 0 fully saturated rings. The Labute approximate surface area is 170 Å². The van der Waals surface area contributed by atoms with Gasteiger partial charge in [-0.15, -0.1) is 13.2 Å². The maximum atomic E-state index is 14.1. The molecule has 31 heavy (non-hydrogen) atoms. The van der Waals surface area contributed by atoms with Crippen molar-refractivity contribution < 1.29 is 26.7 Å². The van der Waals surface area contributed by atoms with Crippen molar-refractivity contribution >= 4 is 12.2 Å². The highest BCUT2D eigenvalue weighted by molar-refractivity contribution is 5.81. The van der Waals surface area contributed by atoms with E-state index in [0.29, 0.717) is 23.9 Å². The number of nitrogens with one attached hydrogen (secondary N) is 2. The Morgan fingerprint density at radius 3 is 2.52 bits per heavy atom. The molecule has 1 heterocycles. The van der Waals surface area contributed by atoms with Gasteiger partial charge in [0.05, 0.1) is 17.5 Å². The van der Waals surface area contributed by atoms with Gasteiger partial charge in [-0.2, -0.15) is 10.4 Å². The van der Waals surface area contributed by atoms with Crippen LogP contribution in [0.2, 0.25) is 0 Å². The summed E-state index contributed by atoms with van der Waals surface area (Å²) in [4.78, 5) is 18.4. The Kier molecular flexibility index (Phi) is 5.96. The van der Waals surface area contributed by atoms with E-state index in [4.69, 9.17) is 0 Å². The van der Waals surface area contributed by atoms with Crippen molar-refractivity contribution in [2.24, 2.45) is 5.10 Å². The summed E-state index contributed by atoms with van der Waals surface area (Å²) in [6.07, 6.45) is -4.63. The molecule has 0 saturated heterocycles. The summed E-state index contributed by atoms with van der Waals surface area (Å²) in [5, 5.41) is 12.7. The van der Waals surface area contributed by atoms with Crippen LogP contribution in [-0.4, -0.2) is 22.5 Å². The summed E-state index contributed by atoms with van der Waals surface area (Å²) in [6, 6.07) is 11.0. The zero-order valence-corrected chi connectivity index (χ0v) is 15.2. The minimum atomic E-state index is -5.18. The molecule has 0 amide bonds. The molecule has 0 aliphatic carbocycles. The third kappa shape index (κ3) is 5.02. The van der Waals surface area contributed by atoms with Crippen LogP contribution in [0.3, 0.4) is 0 Å². The van der Waals surface area contributed by atoms with Crippen molar-refractivity contribution in [2.45, 2.75) is 6.36 Å². The van der Waals surface area contributed by atoms with Gasteiger partial charge < -0.3 is 4.74 Å². The molecule has 0 aliphatic heterocycles. The number of hydrogen-bond donors (Lipinski definition) is 2. The van der Waals surface area contributed by atoms with E-state index < -0.39 is 34.9 Å². The van der Waals surface area contributed by atoms with E-state index in [9.17, 15) is 32.0 Å². The number of hydrazone groups is 1. The van der Waals surface area contributed by atoms with Crippen LogP contribution in [0, 0.1) is 23.0 Å². The number of nitrogens with zero attached hydrogens (tertiary/aromatic N) is 3. The number of nitriles is 1. The highest BCUT2D eigenvalue weighted by Crippen LogP contribution is 2.28. The second kappa shape index (κ2) is 8.62. The van der Waals surface area contributed by atoms with E-state index in [1.54, 1.807) is 36.4 Å². The standard InChI is InChI=1S/C19H10F5N5O2/c20-13-6-7-14(31-19(22,23)24)15(21)12(13)9-26-29-18-27-16(10-4-2-1-3-5-10)11(8-25)17(30)28-18/h1-7,9H,(H2,27,28,29,30). The highest BCUT2D eigenvalue weighted by Gasteiger charge is 2.33. The second-order valence-corrected chi connectivity index (χ2v) is 5.81. The van der Waals surface area contributed by atoms with Gasteiger partial charge in [-0.05, 0) is 12.1 Å². The van der Waals surface area contributed by atoms with Gasteiger partial charge in [0.2, 0.25) is 5.95 Å². The smallest absolute Gasteiger partial charge is 0.403 e. The van der Waals surface area contributed by atoms with Crippen LogP contribution >= 0.6 is 0 Å². The molecule has 7 nitrogen and oxygen atoms in total. The Balaban J connectivity index is 1.92. The second-order valence-electron chi connectivity index (χ2n) is 5.81. The van der Waals surface area contributed by atoms with Crippen LogP contribution in [0.15, 0.2) is 52.4 Å². The molecule has 3 aromatic rings. The minimum Gasteiger partial charge on any atom is -0.403 e. The van der Waals surface area contributed by atoms with E-state index in [1.807, 2.05) is 0 Å². The first kappa shape index (κ1) is 21.4. The van der Waals surface area contributed by atoms with Crippen molar-refractivity contribution in [3.63, 3.8) is 0 Å². The summed E-state index contributed by atoms with van der Waals surface area (Å²) in [6.45, 7) is 0. The number of rotatable bonds is 5. The molecule has 12 heteroatoms. The normalized spacial score (nSPS) is 11.4. The lowest BCUT2D eigenvalue weighted by Gasteiger charge is -2.11. The van der Waals surface area contributed by atoms with Gasteiger partial charge in [-0.3, -0.25) is 9.78 Å². The van der Waals surface area contributed by atoms with Gasteiger partial charge in [-0.1, -0.05) is 30.3 Å². The van der Waals surface area contributed by atoms with E-state index in [0.717, 1.165) is 0 Å². The fourth-order valence-corrected chi connectivity index (χ4v) is 2.46. The van der Waals surface area contributed by atoms with Crippen LogP contribution in [-0.2, 0) is 0 Å². The summed E-state index contributed by atoms with van der Waals surface area (Å²) in [7, 11) is 0. The third-order valence-electron chi connectivity index (χ3n) is 3.76. The van der Waals surface area contributed by atoms with Crippen molar-refractivity contribution in [1.29, 1.82) is 5.26 Å². The number of ether oxygens (including phenoxy) is 1. The Bertz CT molecular complexity index is 1230. The Hall–Kier alpha value is -4.27. The Morgan fingerprint density at radius 2 is 1.87 bits per heavy atom. The molecule has 0 bridgehead atoms. The zero-order valence-electron chi connectivity index (χ0n) is 15.2. The van der Waals surface area contributed by atoms with E-state index >= 15 is 0 Å². The molecule has 0 radical (unpaired) electrons. The molecule has 0 spiro atoms. The van der Waals surface area contributed by atoms with E-state index in [2.05, 4.69) is 25.2 Å². The predicted molar refractivity (Wildman–Crippen MR) is 99.3 cm³/mol. The molecular weight excluding hydrogens is 425 g/mol. The van der Waals surface area contributed by atoms with Crippen LogP contribution < -0.4 is 15.7 Å². The lowest BCUT2D eigenvalue weighted by atomic mass is 10.1. The summed E-state index contributed by atoms with van der Waals surface area (Å²) in [5.74, 6) is -4.35. The fraction of sp³-hybridized carbons (Fsp3) is 0.0526. The maximum Gasteiger partial charge on any atom is 0.573 e. The van der Waals surface area contributed by atoms with Crippen molar-refractivity contribution in [3.05, 3.63) is 75.6 Å². The number of aromatic amines is 1. The topological polar surface area (TPSA) is 103 Å². The van der Waals surface area contributed by atoms with Crippen LogP contribution in [0.25, 0.3) is 11.3 Å². The molecule has 3 rings (SSSR count). The molecule has 0 aliphatic rings. The molecule has 0 atom stereocenters. The fourth-order valence-electron chi connectivity index (χ4n) is 2.46. The van der Waals surface area contributed by atoms with Gasteiger partial charge >= 0.3 is 6.36 Å². The molecule has 0 unspecified atom stereocenters. The van der Waals surface area contributed by atoms with Crippen molar-refractivity contribution in [2.75, 3.05) is 5.43 Å². The first-order valence-corrected chi connectivity index (χ1v) is 8.32. The lowest BCUT2D eigenvalue weighted by Crippen LogP contribution is -2.18.